The molecule has 2 fully saturated rings. The van der Waals surface area contributed by atoms with E-state index in [0.717, 1.165) is 55.7 Å². The van der Waals surface area contributed by atoms with E-state index in [1.54, 1.807) is 6.20 Å². The molecule has 2 aromatic rings. The zero-order valence-electron chi connectivity index (χ0n) is 14.6. The summed E-state index contributed by atoms with van der Waals surface area (Å²) in [5.74, 6) is 4.75. The van der Waals surface area contributed by atoms with E-state index in [0.29, 0.717) is 11.8 Å². The Hall–Kier alpha value is -1.59. The number of aromatic nitrogens is 2. The summed E-state index contributed by atoms with van der Waals surface area (Å²) in [7, 11) is 1.94. The predicted molar refractivity (Wildman–Crippen MR) is 91.4 cm³/mol. The lowest BCUT2D eigenvalue weighted by Gasteiger charge is -2.33. The maximum Gasteiger partial charge on any atom is 0.137 e. The highest BCUT2D eigenvalue weighted by Crippen LogP contribution is 2.47. The van der Waals surface area contributed by atoms with E-state index in [4.69, 9.17) is 4.42 Å². The van der Waals surface area contributed by atoms with Gasteiger partial charge < -0.3 is 14.1 Å². The molecule has 3 heterocycles. The van der Waals surface area contributed by atoms with E-state index in [1.165, 1.54) is 6.42 Å². The minimum Gasteiger partial charge on any atom is -0.464 e. The molecule has 0 radical (unpaired) electrons. The third-order valence-electron chi connectivity index (χ3n) is 5.74. The number of aliphatic hydroxyl groups excluding tert-OH is 1. The van der Waals surface area contributed by atoms with Crippen molar-refractivity contribution in [3.8, 4) is 0 Å². The van der Waals surface area contributed by atoms with Crippen LogP contribution in [0.3, 0.4) is 0 Å². The average molecular weight is 329 g/mol. The van der Waals surface area contributed by atoms with Crippen molar-refractivity contribution in [2.75, 3.05) is 13.1 Å². The van der Waals surface area contributed by atoms with Crippen LogP contribution in [-0.2, 0) is 13.6 Å². The van der Waals surface area contributed by atoms with Gasteiger partial charge in [-0.1, -0.05) is 6.92 Å². The summed E-state index contributed by atoms with van der Waals surface area (Å²) in [5, 5.41) is 10.6. The molecule has 2 aromatic heterocycles. The van der Waals surface area contributed by atoms with Gasteiger partial charge in [-0.2, -0.15) is 0 Å². The van der Waals surface area contributed by atoms with Crippen LogP contribution >= 0.6 is 0 Å². The number of piperidine rings is 1. The molecule has 1 aliphatic heterocycles. The lowest BCUT2D eigenvalue weighted by Crippen LogP contribution is -2.35. The van der Waals surface area contributed by atoms with Crippen LogP contribution in [0.5, 0.6) is 0 Å². The SMILES string of the molecule is C[C@@H]1C[C@H]1c1ccc(CN2CCC([C@@H](O)c3nccn3C)CC2)o1. The lowest BCUT2D eigenvalue weighted by atomic mass is 9.90. The highest BCUT2D eigenvalue weighted by Gasteiger charge is 2.36. The van der Waals surface area contributed by atoms with Crippen molar-refractivity contribution in [2.45, 2.75) is 44.8 Å². The van der Waals surface area contributed by atoms with Crippen molar-refractivity contribution in [2.24, 2.45) is 18.9 Å². The molecule has 1 aliphatic carbocycles. The fraction of sp³-hybridized carbons (Fsp3) is 0.632. The van der Waals surface area contributed by atoms with Crippen LogP contribution in [0.1, 0.15) is 55.6 Å². The summed E-state index contributed by atoms with van der Waals surface area (Å²) in [6.45, 7) is 5.17. The topological polar surface area (TPSA) is 54.4 Å². The molecular formula is C19H27N3O2. The molecule has 1 N–H and O–H groups in total. The zero-order valence-corrected chi connectivity index (χ0v) is 14.6. The van der Waals surface area contributed by atoms with Crippen molar-refractivity contribution in [1.82, 2.24) is 14.5 Å². The number of aliphatic hydroxyl groups is 1. The van der Waals surface area contributed by atoms with Gasteiger partial charge in [-0.25, -0.2) is 4.98 Å². The largest absolute Gasteiger partial charge is 0.464 e. The number of furan rings is 1. The first-order valence-electron chi connectivity index (χ1n) is 9.08. The molecule has 2 aliphatic rings. The second kappa shape index (κ2) is 6.37. The highest BCUT2D eigenvalue weighted by atomic mass is 16.3. The first-order chi connectivity index (χ1) is 11.6. The molecular weight excluding hydrogens is 302 g/mol. The van der Waals surface area contributed by atoms with Crippen molar-refractivity contribution in [3.63, 3.8) is 0 Å². The van der Waals surface area contributed by atoms with Crippen LogP contribution in [0.15, 0.2) is 28.9 Å². The molecule has 0 spiro atoms. The second-order valence-corrected chi connectivity index (χ2v) is 7.58. The van der Waals surface area contributed by atoms with Gasteiger partial charge in [0, 0.05) is 25.4 Å². The maximum absolute atomic E-state index is 10.6. The van der Waals surface area contributed by atoms with Gasteiger partial charge in [0.2, 0.25) is 0 Å². The molecule has 1 saturated carbocycles. The first kappa shape index (κ1) is 15.9. The van der Waals surface area contributed by atoms with Gasteiger partial charge in [0.05, 0.1) is 6.54 Å². The molecule has 5 nitrogen and oxygen atoms in total. The normalized spacial score (nSPS) is 26.6. The Kier molecular flexibility index (Phi) is 4.22. The zero-order chi connectivity index (χ0) is 16.7. The molecule has 0 amide bonds. The molecule has 130 valence electrons. The van der Waals surface area contributed by atoms with Gasteiger partial charge >= 0.3 is 0 Å². The second-order valence-electron chi connectivity index (χ2n) is 7.58. The van der Waals surface area contributed by atoms with Gasteiger partial charge in [0.1, 0.15) is 23.4 Å². The molecule has 0 bridgehead atoms. The molecule has 24 heavy (non-hydrogen) atoms. The summed E-state index contributed by atoms with van der Waals surface area (Å²) in [5.41, 5.74) is 0. The fourth-order valence-corrected chi connectivity index (χ4v) is 3.92. The van der Waals surface area contributed by atoms with Gasteiger partial charge in [-0.3, -0.25) is 4.90 Å². The van der Waals surface area contributed by atoms with Crippen molar-refractivity contribution >= 4 is 0 Å². The number of aryl methyl sites for hydroxylation is 1. The summed E-state index contributed by atoms with van der Waals surface area (Å²) >= 11 is 0. The van der Waals surface area contributed by atoms with Crippen LogP contribution in [0.2, 0.25) is 0 Å². The smallest absolute Gasteiger partial charge is 0.137 e. The Morgan fingerprint density at radius 2 is 2.08 bits per heavy atom. The quantitative estimate of drug-likeness (QED) is 0.916. The van der Waals surface area contributed by atoms with Crippen molar-refractivity contribution < 1.29 is 9.52 Å². The van der Waals surface area contributed by atoms with Gasteiger partial charge in [0.25, 0.3) is 0 Å². The molecule has 0 aromatic carbocycles. The Morgan fingerprint density at radius 3 is 2.71 bits per heavy atom. The van der Waals surface area contributed by atoms with Crippen LogP contribution in [0, 0.1) is 11.8 Å². The molecule has 1 saturated heterocycles. The number of hydrogen-bond acceptors (Lipinski definition) is 4. The number of rotatable bonds is 5. The van der Waals surface area contributed by atoms with Gasteiger partial charge in [-0.15, -0.1) is 0 Å². The number of imidazole rings is 1. The van der Waals surface area contributed by atoms with Crippen LogP contribution in [-0.4, -0.2) is 32.6 Å². The standard InChI is InChI=1S/C19H27N3O2/c1-13-11-16(13)17-4-3-15(24-17)12-22-8-5-14(6-9-22)18(23)19-20-7-10-21(19)2/h3-4,7,10,13-14,16,18,23H,5-6,8-9,11-12H2,1-2H3/t13-,16-,18-/m1/s1. The summed E-state index contributed by atoms with van der Waals surface area (Å²) in [4.78, 5) is 6.72. The van der Waals surface area contributed by atoms with Crippen LogP contribution in [0.4, 0.5) is 0 Å². The maximum atomic E-state index is 10.6. The van der Waals surface area contributed by atoms with Gasteiger partial charge in [-0.05, 0) is 56.3 Å². The first-order valence-corrected chi connectivity index (χ1v) is 9.08. The predicted octanol–water partition coefficient (Wildman–Crippen LogP) is 3.08. The van der Waals surface area contributed by atoms with Crippen LogP contribution < -0.4 is 0 Å². The third-order valence-corrected chi connectivity index (χ3v) is 5.74. The summed E-state index contributed by atoms with van der Waals surface area (Å²) in [6.07, 6.45) is 6.45. The van der Waals surface area contributed by atoms with E-state index >= 15 is 0 Å². The highest BCUT2D eigenvalue weighted by molar-refractivity contribution is 5.17. The molecule has 5 heteroatoms. The molecule has 4 rings (SSSR count). The van der Waals surface area contributed by atoms with E-state index in [1.807, 2.05) is 17.8 Å². The van der Waals surface area contributed by atoms with Crippen molar-refractivity contribution in [3.05, 3.63) is 41.9 Å². The monoisotopic (exact) mass is 329 g/mol. The summed E-state index contributed by atoms with van der Waals surface area (Å²) in [6, 6.07) is 4.29. The molecule has 3 atom stereocenters. The fourth-order valence-electron chi connectivity index (χ4n) is 3.92. The summed E-state index contributed by atoms with van der Waals surface area (Å²) < 4.78 is 7.94. The molecule has 0 unspecified atom stereocenters. The van der Waals surface area contributed by atoms with Gasteiger partial charge in [0.15, 0.2) is 0 Å². The minimum atomic E-state index is -0.460. The third kappa shape index (κ3) is 3.15. The van der Waals surface area contributed by atoms with E-state index in [9.17, 15) is 5.11 Å². The van der Waals surface area contributed by atoms with E-state index in [2.05, 4.69) is 28.9 Å². The van der Waals surface area contributed by atoms with Crippen molar-refractivity contribution in [1.29, 1.82) is 0 Å². The minimum absolute atomic E-state index is 0.293. The Labute approximate surface area is 143 Å². The van der Waals surface area contributed by atoms with Crippen LogP contribution in [0.25, 0.3) is 0 Å². The van der Waals surface area contributed by atoms with E-state index < -0.39 is 6.10 Å². The number of likely N-dealkylation sites (tertiary alicyclic amines) is 1. The number of nitrogens with zero attached hydrogens (tertiary/aromatic N) is 3. The Bertz CT molecular complexity index is 684. The van der Waals surface area contributed by atoms with E-state index in [-0.39, 0.29) is 0 Å². The Balaban J connectivity index is 1.30. The number of hydrogen-bond donors (Lipinski definition) is 1. The Morgan fingerprint density at radius 1 is 1.33 bits per heavy atom. The average Bonchev–Trinajstić information content (AvgIpc) is 2.97. The lowest BCUT2D eigenvalue weighted by molar-refractivity contribution is 0.0474.